The number of nitrogens with one attached hydrogen (secondary N) is 1. The molecule has 2 rings (SSSR count). The smallest absolute Gasteiger partial charge is 0.189 e. The first-order valence-electron chi connectivity index (χ1n) is 6.68. The summed E-state index contributed by atoms with van der Waals surface area (Å²) < 4.78 is 5.19. The number of ketones is 1. The van der Waals surface area contributed by atoms with Crippen molar-refractivity contribution in [2.45, 2.75) is 12.8 Å². The highest BCUT2D eigenvalue weighted by Gasteiger charge is 2.14. The summed E-state index contributed by atoms with van der Waals surface area (Å²) >= 11 is 5.97. The van der Waals surface area contributed by atoms with E-state index in [4.69, 9.17) is 22.1 Å². The second-order valence-corrected chi connectivity index (χ2v) is 5.29. The molecule has 0 amide bonds. The monoisotopic (exact) mass is 294 g/mol. The Bertz CT molecular complexity index is 523. The van der Waals surface area contributed by atoms with E-state index in [1.807, 2.05) is 6.08 Å². The molecule has 1 saturated heterocycles. The van der Waals surface area contributed by atoms with E-state index >= 15 is 0 Å². The van der Waals surface area contributed by atoms with Crippen molar-refractivity contribution in [2.75, 3.05) is 25.9 Å². The van der Waals surface area contributed by atoms with E-state index in [-0.39, 0.29) is 5.78 Å². The highest BCUT2D eigenvalue weighted by Crippen LogP contribution is 2.29. The largest absolute Gasteiger partial charge is 0.496 e. The number of nitrogen functional groups attached to an aromatic ring is 1. The van der Waals surface area contributed by atoms with Gasteiger partial charge in [0.2, 0.25) is 0 Å². The normalized spacial score (nSPS) is 16.5. The Kier molecular flexibility index (Phi) is 5.04. The quantitative estimate of drug-likeness (QED) is 0.509. The lowest BCUT2D eigenvalue weighted by atomic mass is 9.96. The highest BCUT2D eigenvalue weighted by atomic mass is 35.5. The number of allylic oxidation sites excluding steroid dienone is 2. The van der Waals surface area contributed by atoms with Gasteiger partial charge in [0, 0.05) is 6.07 Å². The van der Waals surface area contributed by atoms with Crippen molar-refractivity contribution in [3.63, 3.8) is 0 Å². The summed E-state index contributed by atoms with van der Waals surface area (Å²) in [6.45, 7) is 2.00. The lowest BCUT2D eigenvalue weighted by Gasteiger charge is -2.19. The summed E-state index contributed by atoms with van der Waals surface area (Å²) in [7, 11) is 1.51. The molecule has 0 aliphatic carbocycles. The highest BCUT2D eigenvalue weighted by molar-refractivity contribution is 6.33. The second kappa shape index (κ2) is 6.77. The number of carbonyl (C=O) groups is 1. The van der Waals surface area contributed by atoms with Gasteiger partial charge in [0.1, 0.15) is 5.75 Å². The third-order valence-corrected chi connectivity index (χ3v) is 3.82. The summed E-state index contributed by atoms with van der Waals surface area (Å²) in [5, 5.41) is 3.66. The van der Waals surface area contributed by atoms with Gasteiger partial charge in [-0.1, -0.05) is 17.7 Å². The fourth-order valence-electron chi connectivity index (χ4n) is 2.28. The molecule has 1 aromatic rings. The molecule has 5 heteroatoms. The predicted octanol–water partition coefficient (Wildman–Crippen LogP) is 2.67. The maximum Gasteiger partial charge on any atom is 0.189 e. The predicted molar refractivity (Wildman–Crippen MR) is 81.5 cm³/mol. The van der Waals surface area contributed by atoms with Crippen LogP contribution < -0.4 is 15.8 Å². The molecule has 1 heterocycles. The van der Waals surface area contributed by atoms with Gasteiger partial charge in [-0.05, 0) is 44.0 Å². The number of hydrogen-bond donors (Lipinski definition) is 2. The number of ether oxygens (including phenoxy) is 1. The number of carbonyl (C=O) groups excluding carboxylic acids is 1. The van der Waals surface area contributed by atoms with Gasteiger partial charge < -0.3 is 15.8 Å². The van der Waals surface area contributed by atoms with Gasteiger partial charge >= 0.3 is 0 Å². The SMILES string of the molecule is COc1cc(N)c(Cl)cc1C(=O)C=CC1CCNCC1. The molecule has 0 saturated carbocycles. The summed E-state index contributed by atoms with van der Waals surface area (Å²) in [5.41, 5.74) is 6.55. The molecule has 0 unspecified atom stereocenters. The van der Waals surface area contributed by atoms with Crippen molar-refractivity contribution in [2.24, 2.45) is 5.92 Å². The molecule has 1 aliphatic rings. The molecule has 0 aromatic heterocycles. The molecule has 0 spiro atoms. The average molecular weight is 295 g/mol. The van der Waals surface area contributed by atoms with E-state index in [9.17, 15) is 4.79 Å². The molecule has 3 N–H and O–H groups in total. The van der Waals surface area contributed by atoms with Crippen LogP contribution in [0.1, 0.15) is 23.2 Å². The van der Waals surface area contributed by atoms with Crippen LogP contribution in [0.25, 0.3) is 0 Å². The zero-order valence-electron chi connectivity index (χ0n) is 11.5. The molecule has 1 aliphatic heterocycles. The number of hydrogen-bond acceptors (Lipinski definition) is 4. The number of rotatable bonds is 4. The number of benzene rings is 1. The molecular formula is C15H19ClN2O2. The van der Waals surface area contributed by atoms with Crippen LogP contribution in [0, 0.1) is 5.92 Å². The maximum absolute atomic E-state index is 12.2. The number of halogens is 1. The van der Waals surface area contributed by atoms with Crippen LogP contribution in [0.15, 0.2) is 24.3 Å². The summed E-state index contributed by atoms with van der Waals surface area (Å²) in [4.78, 5) is 12.2. The lowest BCUT2D eigenvalue weighted by molar-refractivity contribution is 0.104. The van der Waals surface area contributed by atoms with Crippen LogP contribution in [0.2, 0.25) is 5.02 Å². The molecule has 108 valence electrons. The Labute approximate surface area is 123 Å². The fourth-order valence-corrected chi connectivity index (χ4v) is 2.44. The van der Waals surface area contributed by atoms with Crippen molar-refractivity contribution in [1.82, 2.24) is 5.32 Å². The van der Waals surface area contributed by atoms with Gasteiger partial charge in [-0.25, -0.2) is 0 Å². The Morgan fingerprint density at radius 1 is 1.45 bits per heavy atom. The minimum absolute atomic E-state index is 0.109. The fraction of sp³-hybridized carbons (Fsp3) is 0.400. The van der Waals surface area contributed by atoms with E-state index in [0.717, 1.165) is 25.9 Å². The minimum Gasteiger partial charge on any atom is -0.496 e. The van der Waals surface area contributed by atoms with Crippen molar-refractivity contribution in [3.8, 4) is 5.75 Å². The first-order valence-corrected chi connectivity index (χ1v) is 7.06. The van der Waals surface area contributed by atoms with Gasteiger partial charge in [0.05, 0.1) is 23.4 Å². The molecule has 20 heavy (non-hydrogen) atoms. The van der Waals surface area contributed by atoms with Crippen LogP contribution in [0.4, 0.5) is 5.69 Å². The van der Waals surface area contributed by atoms with E-state index in [1.165, 1.54) is 7.11 Å². The topological polar surface area (TPSA) is 64.3 Å². The zero-order chi connectivity index (χ0) is 14.5. The molecule has 1 fully saturated rings. The summed E-state index contributed by atoms with van der Waals surface area (Å²) in [5.74, 6) is 0.796. The molecule has 0 atom stereocenters. The van der Waals surface area contributed by atoms with Crippen LogP contribution in [-0.2, 0) is 0 Å². The molecule has 0 radical (unpaired) electrons. The first kappa shape index (κ1) is 14.9. The molecule has 4 nitrogen and oxygen atoms in total. The standard InChI is InChI=1S/C15H19ClN2O2/c1-20-15-9-13(17)12(16)8-11(15)14(19)3-2-10-4-6-18-7-5-10/h2-3,8-10,18H,4-7,17H2,1H3. The van der Waals surface area contributed by atoms with E-state index in [2.05, 4.69) is 5.32 Å². The maximum atomic E-state index is 12.2. The average Bonchev–Trinajstić information content (AvgIpc) is 2.48. The van der Waals surface area contributed by atoms with E-state index in [0.29, 0.717) is 27.9 Å². The summed E-state index contributed by atoms with van der Waals surface area (Å²) in [6.07, 6.45) is 5.71. The van der Waals surface area contributed by atoms with E-state index < -0.39 is 0 Å². The Morgan fingerprint density at radius 2 is 2.15 bits per heavy atom. The Morgan fingerprint density at radius 3 is 2.80 bits per heavy atom. The zero-order valence-corrected chi connectivity index (χ0v) is 12.2. The molecule has 1 aromatic carbocycles. The van der Waals surface area contributed by atoms with Crippen molar-refractivity contribution >= 4 is 23.1 Å². The number of anilines is 1. The van der Waals surface area contributed by atoms with Gasteiger partial charge in [-0.2, -0.15) is 0 Å². The Balaban J connectivity index is 2.15. The van der Waals surface area contributed by atoms with Crippen LogP contribution in [-0.4, -0.2) is 26.0 Å². The van der Waals surface area contributed by atoms with Crippen molar-refractivity contribution in [1.29, 1.82) is 0 Å². The van der Waals surface area contributed by atoms with Gasteiger partial charge in [0.25, 0.3) is 0 Å². The van der Waals surface area contributed by atoms with Gasteiger partial charge in [0.15, 0.2) is 5.78 Å². The van der Waals surface area contributed by atoms with E-state index in [1.54, 1.807) is 18.2 Å². The van der Waals surface area contributed by atoms with Gasteiger partial charge in [-0.15, -0.1) is 0 Å². The molecule has 0 bridgehead atoms. The number of nitrogens with two attached hydrogens (primary N) is 1. The Hall–Kier alpha value is -1.52. The van der Waals surface area contributed by atoms with Crippen LogP contribution in [0.5, 0.6) is 5.75 Å². The van der Waals surface area contributed by atoms with Crippen molar-refractivity contribution in [3.05, 3.63) is 34.9 Å². The lowest BCUT2D eigenvalue weighted by Crippen LogP contribution is -2.26. The summed E-state index contributed by atoms with van der Waals surface area (Å²) in [6, 6.07) is 3.14. The third-order valence-electron chi connectivity index (χ3n) is 3.49. The number of piperidine rings is 1. The van der Waals surface area contributed by atoms with Gasteiger partial charge in [-0.3, -0.25) is 4.79 Å². The van der Waals surface area contributed by atoms with Crippen LogP contribution in [0.3, 0.4) is 0 Å². The third kappa shape index (κ3) is 3.52. The minimum atomic E-state index is -0.109. The van der Waals surface area contributed by atoms with Crippen molar-refractivity contribution < 1.29 is 9.53 Å². The number of methoxy groups -OCH3 is 1. The first-order chi connectivity index (χ1) is 9.61. The van der Waals surface area contributed by atoms with Crippen LogP contribution >= 0.6 is 11.6 Å². The second-order valence-electron chi connectivity index (χ2n) is 4.88. The molecular weight excluding hydrogens is 276 g/mol.